The molecule has 0 heterocycles. The average Bonchev–Trinajstić information content (AvgIpc) is 2.35. The van der Waals surface area contributed by atoms with E-state index in [1.165, 1.54) is 24.0 Å². The molecule has 1 unspecified atom stereocenters. The third kappa shape index (κ3) is 4.67. The summed E-state index contributed by atoms with van der Waals surface area (Å²) in [6.45, 7) is 16.4. The van der Waals surface area contributed by atoms with Crippen molar-refractivity contribution in [3.63, 3.8) is 0 Å². The Labute approximate surface area is 120 Å². The molecule has 0 radical (unpaired) electrons. The van der Waals surface area contributed by atoms with Gasteiger partial charge in [-0.1, -0.05) is 79.2 Å². The first-order valence-electron chi connectivity index (χ1n) is 7.78. The van der Waals surface area contributed by atoms with Crippen molar-refractivity contribution in [1.29, 1.82) is 0 Å². The zero-order valence-electron chi connectivity index (χ0n) is 14.0. The van der Waals surface area contributed by atoms with E-state index in [0.29, 0.717) is 16.7 Å². The fourth-order valence-electron chi connectivity index (χ4n) is 2.69. The van der Waals surface area contributed by atoms with Gasteiger partial charge in [-0.2, -0.15) is 0 Å². The summed E-state index contributed by atoms with van der Waals surface area (Å²) < 4.78 is 0. The molecule has 0 saturated carbocycles. The fraction of sp³-hybridized carbons (Fsp3) is 0.684. The third-order valence-electron chi connectivity index (χ3n) is 4.46. The molecule has 0 bridgehead atoms. The van der Waals surface area contributed by atoms with Crippen molar-refractivity contribution in [3.8, 4) is 0 Å². The van der Waals surface area contributed by atoms with Gasteiger partial charge in [-0.05, 0) is 40.7 Å². The Bertz CT molecular complexity index is 375. The Morgan fingerprint density at radius 1 is 0.895 bits per heavy atom. The Hall–Kier alpha value is -0.780. The Morgan fingerprint density at radius 3 is 1.79 bits per heavy atom. The van der Waals surface area contributed by atoms with Crippen molar-refractivity contribution < 1.29 is 0 Å². The van der Waals surface area contributed by atoms with Gasteiger partial charge in [0.2, 0.25) is 0 Å². The van der Waals surface area contributed by atoms with E-state index in [4.69, 9.17) is 0 Å². The third-order valence-corrected chi connectivity index (χ3v) is 4.46. The second kappa shape index (κ2) is 6.11. The molecule has 108 valence electrons. The monoisotopic (exact) mass is 260 g/mol. The fourth-order valence-corrected chi connectivity index (χ4v) is 2.69. The molecular formula is C19H32. The molecule has 0 aliphatic rings. The van der Waals surface area contributed by atoms with E-state index in [1.54, 1.807) is 0 Å². The Kier molecular flexibility index (Phi) is 5.24. The highest BCUT2D eigenvalue weighted by Gasteiger charge is 2.32. The molecule has 0 aromatic heterocycles. The van der Waals surface area contributed by atoms with E-state index in [-0.39, 0.29) is 0 Å². The molecule has 0 nitrogen and oxygen atoms in total. The van der Waals surface area contributed by atoms with Gasteiger partial charge in [-0.25, -0.2) is 0 Å². The molecule has 19 heavy (non-hydrogen) atoms. The molecule has 1 atom stereocenters. The second-order valence-electron chi connectivity index (χ2n) is 7.75. The summed E-state index contributed by atoms with van der Waals surface area (Å²) in [5, 5.41) is 0. The van der Waals surface area contributed by atoms with Crippen LogP contribution in [0.3, 0.4) is 0 Å². The summed E-state index contributed by atoms with van der Waals surface area (Å²) >= 11 is 0. The van der Waals surface area contributed by atoms with Crippen LogP contribution in [0.4, 0.5) is 0 Å². The minimum absolute atomic E-state index is 0.362. The van der Waals surface area contributed by atoms with Crippen molar-refractivity contribution in [2.75, 3.05) is 0 Å². The molecule has 0 aliphatic carbocycles. The van der Waals surface area contributed by atoms with Crippen LogP contribution in [0.5, 0.6) is 0 Å². The lowest BCUT2D eigenvalue weighted by Crippen LogP contribution is -2.26. The van der Waals surface area contributed by atoms with Crippen LogP contribution in [0.15, 0.2) is 24.3 Å². The highest BCUT2D eigenvalue weighted by molar-refractivity contribution is 5.27. The Morgan fingerprint density at radius 2 is 1.42 bits per heavy atom. The molecule has 1 aromatic rings. The molecule has 0 aliphatic heterocycles. The van der Waals surface area contributed by atoms with Gasteiger partial charge < -0.3 is 0 Å². The summed E-state index contributed by atoms with van der Waals surface area (Å²) in [6.07, 6.45) is 3.60. The maximum absolute atomic E-state index is 2.41. The first-order valence-corrected chi connectivity index (χ1v) is 7.78. The number of benzene rings is 1. The van der Waals surface area contributed by atoms with Gasteiger partial charge in [0.15, 0.2) is 0 Å². The van der Waals surface area contributed by atoms with Crippen LogP contribution >= 0.6 is 0 Å². The smallest absolute Gasteiger partial charge is 0.0106 e. The van der Waals surface area contributed by atoms with E-state index in [2.05, 4.69) is 72.7 Å². The van der Waals surface area contributed by atoms with Gasteiger partial charge in [0.1, 0.15) is 0 Å². The molecule has 0 N–H and O–H groups in total. The van der Waals surface area contributed by atoms with Crippen molar-refractivity contribution in [2.24, 2.45) is 10.8 Å². The first kappa shape index (κ1) is 16.3. The lowest BCUT2D eigenvalue weighted by Gasteiger charge is -2.38. The molecule has 0 amide bonds. The molecule has 1 rings (SSSR count). The SMILES string of the molecule is CCc1ccc(C(CC(C)(C)C)C(C)(C)CC)cc1. The maximum atomic E-state index is 2.41. The highest BCUT2D eigenvalue weighted by Crippen LogP contribution is 2.45. The van der Waals surface area contributed by atoms with Crippen molar-refractivity contribution in [1.82, 2.24) is 0 Å². The summed E-state index contributed by atoms with van der Waals surface area (Å²) in [4.78, 5) is 0. The van der Waals surface area contributed by atoms with Gasteiger partial charge in [-0.15, -0.1) is 0 Å². The zero-order valence-corrected chi connectivity index (χ0v) is 14.0. The van der Waals surface area contributed by atoms with Crippen LogP contribution in [-0.2, 0) is 6.42 Å². The van der Waals surface area contributed by atoms with Gasteiger partial charge in [0.05, 0.1) is 0 Å². The van der Waals surface area contributed by atoms with E-state index in [9.17, 15) is 0 Å². The normalized spacial score (nSPS) is 14.5. The van der Waals surface area contributed by atoms with E-state index < -0.39 is 0 Å². The van der Waals surface area contributed by atoms with Crippen LogP contribution in [0.2, 0.25) is 0 Å². The van der Waals surface area contributed by atoms with Crippen LogP contribution in [0.1, 0.15) is 78.4 Å². The Balaban J connectivity index is 3.08. The molecule has 0 fully saturated rings. The van der Waals surface area contributed by atoms with Crippen molar-refractivity contribution >= 4 is 0 Å². The highest BCUT2D eigenvalue weighted by atomic mass is 14.4. The van der Waals surface area contributed by atoms with Crippen LogP contribution in [0.25, 0.3) is 0 Å². The number of aryl methyl sites for hydroxylation is 1. The standard InChI is InChI=1S/C19H32/c1-8-15-10-12-16(13-11-15)17(14-18(3,4)5)19(6,7)9-2/h10-13,17H,8-9,14H2,1-7H3. The minimum atomic E-state index is 0.362. The second-order valence-corrected chi connectivity index (χ2v) is 7.75. The van der Waals surface area contributed by atoms with Crippen LogP contribution in [-0.4, -0.2) is 0 Å². The molecule has 1 aromatic carbocycles. The van der Waals surface area contributed by atoms with Gasteiger partial charge in [-0.3, -0.25) is 0 Å². The molecule has 0 saturated heterocycles. The van der Waals surface area contributed by atoms with Crippen molar-refractivity contribution in [3.05, 3.63) is 35.4 Å². The maximum Gasteiger partial charge on any atom is -0.0106 e. The van der Waals surface area contributed by atoms with E-state index in [0.717, 1.165) is 6.42 Å². The number of hydrogen-bond donors (Lipinski definition) is 0. The van der Waals surface area contributed by atoms with Crippen LogP contribution < -0.4 is 0 Å². The summed E-state index contributed by atoms with van der Waals surface area (Å²) in [5.41, 5.74) is 3.69. The van der Waals surface area contributed by atoms with Crippen molar-refractivity contribution in [2.45, 2.75) is 73.6 Å². The van der Waals surface area contributed by atoms with Gasteiger partial charge in [0.25, 0.3) is 0 Å². The number of hydrogen-bond acceptors (Lipinski definition) is 0. The van der Waals surface area contributed by atoms with E-state index in [1.807, 2.05) is 0 Å². The predicted molar refractivity (Wildman–Crippen MR) is 86.7 cm³/mol. The van der Waals surface area contributed by atoms with Gasteiger partial charge >= 0.3 is 0 Å². The first-order chi connectivity index (χ1) is 8.69. The zero-order chi connectivity index (χ0) is 14.7. The molecular weight excluding hydrogens is 228 g/mol. The number of rotatable bonds is 5. The largest absolute Gasteiger partial charge is 0.0649 e. The topological polar surface area (TPSA) is 0 Å². The molecule has 0 spiro atoms. The minimum Gasteiger partial charge on any atom is -0.0649 e. The van der Waals surface area contributed by atoms with Gasteiger partial charge in [0, 0.05) is 0 Å². The average molecular weight is 260 g/mol. The molecule has 0 heteroatoms. The quantitative estimate of drug-likeness (QED) is 0.591. The lowest BCUT2D eigenvalue weighted by molar-refractivity contribution is 0.203. The summed E-state index contributed by atoms with van der Waals surface area (Å²) in [6, 6.07) is 9.31. The summed E-state index contributed by atoms with van der Waals surface area (Å²) in [7, 11) is 0. The lowest BCUT2D eigenvalue weighted by atomic mass is 9.67. The van der Waals surface area contributed by atoms with Crippen LogP contribution in [0, 0.1) is 10.8 Å². The predicted octanol–water partition coefficient (Wildman–Crippen LogP) is 6.21. The summed E-state index contributed by atoms with van der Waals surface area (Å²) in [5.74, 6) is 0.642. The van der Waals surface area contributed by atoms with E-state index >= 15 is 0 Å².